The van der Waals surface area contributed by atoms with Gasteiger partial charge in [0.05, 0.1) is 17.8 Å². The molecular formula is C12H14N4OS. The zero-order valence-electron chi connectivity index (χ0n) is 10.0. The minimum absolute atomic E-state index is 0.0144. The van der Waals surface area contributed by atoms with Crippen LogP contribution in [-0.2, 0) is 6.42 Å². The lowest BCUT2D eigenvalue weighted by Crippen LogP contribution is -2.11. The van der Waals surface area contributed by atoms with Crippen molar-refractivity contribution in [1.29, 1.82) is 5.41 Å². The Morgan fingerprint density at radius 1 is 1.50 bits per heavy atom. The monoisotopic (exact) mass is 262 g/mol. The van der Waals surface area contributed by atoms with Crippen LogP contribution in [0.15, 0.2) is 23.8 Å². The van der Waals surface area contributed by atoms with E-state index in [0.29, 0.717) is 18.1 Å². The van der Waals surface area contributed by atoms with Gasteiger partial charge in [-0.05, 0) is 13.0 Å². The molecule has 2 heterocycles. The lowest BCUT2D eigenvalue weighted by molar-refractivity contribution is 0.310. The number of pyridine rings is 1. The highest BCUT2D eigenvalue weighted by Gasteiger charge is 2.03. The highest BCUT2D eigenvalue weighted by molar-refractivity contribution is 7.09. The summed E-state index contributed by atoms with van der Waals surface area (Å²) in [4.78, 5) is 9.48. The molecule has 0 bridgehead atoms. The first-order chi connectivity index (χ1) is 8.66. The third-order valence-electron chi connectivity index (χ3n) is 2.47. The Morgan fingerprint density at radius 2 is 2.33 bits per heavy atom. The van der Waals surface area contributed by atoms with Gasteiger partial charge in [-0.3, -0.25) is 5.41 Å². The second kappa shape index (κ2) is 5.59. The minimum atomic E-state index is 0.0144. The van der Waals surface area contributed by atoms with Crippen molar-refractivity contribution in [2.45, 2.75) is 13.3 Å². The lowest BCUT2D eigenvalue weighted by atomic mass is 10.2. The van der Waals surface area contributed by atoms with E-state index in [9.17, 15) is 0 Å². The summed E-state index contributed by atoms with van der Waals surface area (Å²) in [5.74, 6) is 0.505. The number of aromatic nitrogens is 2. The molecule has 0 aliphatic heterocycles. The molecule has 0 aromatic carbocycles. The quantitative estimate of drug-likeness (QED) is 0.635. The van der Waals surface area contributed by atoms with E-state index in [0.717, 1.165) is 12.1 Å². The number of ether oxygens (including phenoxy) is 1. The predicted molar refractivity (Wildman–Crippen MR) is 71.3 cm³/mol. The molecule has 6 heteroatoms. The molecule has 94 valence electrons. The van der Waals surface area contributed by atoms with Gasteiger partial charge in [-0.15, -0.1) is 11.3 Å². The van der Waals surface area contributed by atoms with Gasteiger partial charge in [-0.25, -0.2) is 9.97 Å². The summed E-state index contributed by atoms with van der Waals surface area (Å²) in [5, 5.41) is 7.34. The van der Waals surface area contributed by atoms with Crippen LogP contribution in [0.3, 0.4) is 0 Å². The van der Waals surface area contributed by atoms with Gasteiger partial charge in [0.25, 0.3) is 0 Å². The first-order valence-electron chi connectivity index (χ1n) is 5.49. The molecule has 2 aromatic rings. The molecule has 2 rings (SSSR count). The predicted octanol–water partition coefficient (Wildman–Crippen LogP) is 1.75. The van der Waals surface area contributed by atoms with Crippen molar-refractivity contribution in [1.82, 2.24) is 9.97 Å². The van der Waals surface area contributed by atoms with Crippen LogP contribution >= 0.6 is 11.3 Å². The fraction of sp³-hybridized carbons (Fsp3) is 0.250. The Labute approximate surface area is 109 Å². The first kappa shape index (κ1) is 12.5. The molecule has 0 atom stereocenters. The number of rotatable bonds is 5. The van der Waals surface area contributed by atoms with E-state index >= 15 is 0 Å². The van der Waals surface area contributed by atoms with Crippen molar-refractivity contribution in [3.8, 4) is 5.88 Å². The zero-order chi connectivity index (χ0) is 13.0. The summed E-state index contributed by atoms with van der Waals surface area (Å²) in [6, 6.07) is 3.35. The maximum atomic E-state index is 7.34. The Morgan fingerprint density at radius 3 is 3.00 bits per heavy atom. The molecule has 0 saturated carbocycles. The molecule has 0 saturated heterocycles. The zero-order valence-corrected chi connectivity index (χ0v) is 10.8. The fourth-order valence-electron chi connectivity index (χ4n) is 1.47. The molecule has 0 radical (unpaired) electrons. The number of nitrogen functional groups attached to an aromatic ring is 1. The molecule has 0 amide bonds. The molecule has 2 aromatic heterocycles. The fourth-order valence-corrected chi connectivity index (χ4v) is 2.23. The Hall–Kier alpha value is -1.95. The van der Waals surface area contributed by atoms with E-state index < -0.39 is 0 Å². The smallest absolute Gasteiger partial charge is 0.213 e. The molecule has 0 aliphatic carbocycles. The number of hydrogen-bond acceptors (Lipinski definition) is 5. The highest BCUT2D eigenvalue weighted by Crippen LogP contribution is 2.14. The van der Waals surface area contributed by atoms with Gasteiger partial charge in [0.1, 0.15) is 5.84 Å². The summed E-state index contributed by atoms with van der Waals surface area (Å²) >= 11 is 1.63. The van der Waals surface area contributed by atoms with Crippen molar-refractivity contribution in [3.63, 3.8) is 0 Å². The number of aryl methyl sites for hydroxylation is 1. The van der Waals surface area contributed by atoms with Gasteiger partial charge >= 0.3 is 0 Å². The van der Waals surface area contributed by atoms with Crippen LogP contribution < -0.4 is 10.5 Å². The molecule has 0 fully saturated rings. The standard InChI is InChI=1S/C12H14N4OS/c1-8-10(18-7-16-8)3-5-17-11-6-9(12(13)14)2-4-15-11/h2,4,6-7H,3,5H2,1H3,(H3,13,14). The van der Waals surface area contributed by atoms with Crippen molar-refractivity contribution >= 4 is 17.2 Å². The van der Waals surface area contributed by atoms with Crippen molar-refractivity contribution in [2.24, 2.45) is 5.73 Å². The lowest BCUT2D eigenvalue weighted by Gasteiger charge is -2.05. The third kappa shape index (κ3) is 3.04. The molecule has 18 heavy (non-hydrogen) atoms. The average molecular weight is 262 g/mol. The van der Waals surface area contributed by atoms with Crippen molar-refractivity contribution < 1.29 is 4.74 Å². The van der Waals surface area contributed by atoms with Gasteiger partial charge in [0.15, 0.2) is 0 Å². The number of nitrogens with two attached hydrogens (primary N) is 1. The third-order valence-corrected chi connectivity index (χ3v) is 3.46. The Balaban J connectivity index is 1.92. The number of nitrogens with zero attached hydrogens (tertiary/aromatic N) is 2. The number of nitrogens with one attached hydrogen (secondary N) is 1. The van der Waals surface area contributed by atoms with E-state index in [1.807, 2.05) is 12.4 Å². The molecule has 5 nitrogen and oxygen atoms in total. The van der Waals surface area contributed by atoms with Crippen LogP contribution in [0.2, 0.25) is 0 Å². The molecule has 0 unspecified atom stereocenters. The van der Waals surface area contributed by atoms with Crippen LogP contribution in [0, 0.1) is 12.3 Å². The second-order valence-electron chi connectivity index (χ2n) is 3.76. The van der Waals surface area contributed by atoms with Crippen LogP contribution in [-0.4, -0.2) is 22.4 Å². The van der Waals surface area contributed by atoms with Gasteiger partial charge in [-0.2, -0.15) is 0 Å². The van der Waals surface area contributed by atoms with E-state index in [1.165, 1.54) is 4.88 Å². The topological polar surface area (TPSA) is 84.9 Å². The summed E-state index contributed by atoms with van der Waals surface area (Å²) in [6.45, 7) is 2.53. The average Bonchev–Trinajstić information content (AvgIpc) is 2.76. The SMILES string of the molecule is Cc1ncsc1CCOc1cc(C(=N)N)ccn1. The highest BCUT2D eigenvalue weighted by atomic mass is 32.1. The molecular weight excluding hydrogens is 248 g/mol. The van der Waals surface area contributed by atoms with E-state index in [4.69, 9.17) is 15.9 Å². The molecule has 0 spiro atoms. The van der Waals surface area contributed by atoms with Crippen LogP contribution in [0.25, 0.3) is 0 Å². The molecule has 0 aliphatic rings. The second-order valence-corrected chi connectivity index (χ2v) is 4.70. The normalized spacial score (nSPS) is 10.3. The summed E-state index contributed by atoms with van der Waals surface area (Å²) < 4.78 is 5.54. The number of thiazole rings is 1. The number of amidine groups is 1. The van der Waals surface area contributed by atoms with E-state index in [-0.39, 0.29) is 5.84 Å². The largest absolute Gasteiger partial charge is 0.477 e. The van der Waals surface area contributed by atoms with Gasteiger partial charge < -0.3 is 10.5 Å². The summed E-state index contributed by atoms with van der Waals surface area (Å²) in [6.07, 6.45) is 2.40. The van der Waals surface area contributed by atoms with E-state index in [1.54, 1.807) is 29.7 Å². The Bertz CT molecular complexity index is 553. The minimum Gasteiger partial charge on any atom is -0.477 e. The van der Waals surface area contributed by atoms with Crippen molar-refractivity contribution in [3.05, 3.63) is 40.0 Å². The summed E-state index contributed by atoms with van der Waals surface area (Å²) in [5.41, 5.74) is 8.90. The maximum absolute atomic E-state index is 7.34. The Kier molecular flexibility index (Phi) is 3.88. The first-order valence-corrected chi connectivity index (χ1v) is 6.37. The number of hydrogen-bond donors (Lipinski definition) is 2. The van der Waals surface area contributed by atoms with Crippen LogP contribution in [0.5, 0.6) is 5.88 Å². The molecule has 3 N–H and O–H groups in total. The van der Waals surface area contributed by atoms with E-state index in [2.05, 4.69) is 9.97 Å². The summed E-state index contributed by atoms with van der Waals surface area (Å²) in [7, 11) is 0. The van der Waals surface area contributed by atoms with Gasteiger partial charge in [-0.1, -0.05) is 0 Å². The van der Waals surface area contributed by atoms with Crippen LogP contribution in [0.1, 0.15) is 16.1 Å². The van der Waals surface area contributed by atoms with Gasteiger partial charge in [0.2, 0.25) is 5.88 Å². The van der Waals surface area contributed by atoms with Gasteiger partial charge in [0, 0.05) is 29.1 Å². The van der Waals surface area contributed by atoms with Crippen molar-refractivity contribution in [2.75, 3.05) is 6.61 Å². The van der Waals surface area contributed by atoms with Crippen LogP contribution in [0.4, 0.5) is 0 Å². The maximum Gasteiger partial charge on any atom is 0.213 e.